The predicted octanol–water partition coefficient (Wildman–Crippen LogP) is 0.917. The first-order valence-electron chi connectivity index (χ1n) is 4.54. The van der Waals surface area contributed by atoms with Gasteiger partial charge in [0.05, 0.1) is 18.8 Å². The minimum absolute atomic E-state index is 0.213. The number of hydrogen-bond donors (Lipinski definition) is 2. The molecule has 0 amide bonds. The van der Waals surface area contributed by atoms with Crippen LogP contribution < -0.4 is 11.3 Å². The number of thioether (sulfide) groups is 1. The lowest BCUT2D eigenvalue weighted by molar-refractivity contribution is 0.0472. The first-order chi connectivity index (χ1) is 6.24. The van der Waals surface area contributed by atoms with E-state index in [2.05, 4.69) is 12.0 Å². The van der Waals surface area contributed by atoms with E-state index in [1.807, 2.05) is 18.7 Å². The minimum Gasteiger partial charge on any atom is -0.375 e. The third-order valence-corrected chi connectivity index (χ3v) is 3.09. The summed E-state index contributed by atoms with van der Waals surface area (Å²) in [6.45, 7) is 6.73. The summed E-state index contributed by atoms with van der Waals surface area (Å²) >= 11 is 1.92. The Labute approximate surface area is 84.1 Å². The molecule has 0 aromatic rings. The molecule has 0 radical (unpaired) electrons. The van der Waals surface area contributed by atoms with E-state index in [4.69, 9.17) is 10.6 Å². The van der Waals surface area contributed by atoms with Gasteiger partial charge in [-0.05, 0) is 13.3 Å². The maximum atomic E-state index is 5.63. The highest BCUT2D eigenvalue weighted by molar-refractivity contribution is 7.99. The number of rotatable bonds is 4. The Bertz CT molecular complexity index is 169. The normalized spacial score (nSPS) is 25.5. The first-order valence-corrected chi connectivity index (χ1v) is 5.69. The standard InChI is InChI=1S/C9H18N2OS/c1-7(2)5-8(11-10)9-6-13-4-3-12-9/h8-9,11H,1,3-6,10H2,2H3. The molecule has 0 spiro atoms. The third-order valence-electron chi connectivity index (χ3n) is 2.07. The number of nitrogens with one attached hydrogen (secondary N) is 1. The van der Waals surface area contributed by atoms with Gasteiger partial charge >= 0.3 is 0 Å². The summed E-state index contributed by atoms with van der Waals surface area (Å²) in [7, 11) is 0. The zero-order valence-corrected chi connectivity index (χ0v) is 8.90. The average molecular weight is 202 g/mol. The smallest absolute Gasteiger partial charge is 0.0835 e. The molecule has 76 valence electrons. The van der Waals surface area contributed by atoms with Crippen LogP contribution in [0.2, 0.25) is 0 Å². The van der Waals surface area contributed by atoms with Gasteiger partial charge in [-0.1, -0.05) is 5.57 Å². The molecule has 1 rings (SSSR count). The Hall–Kier alpha value is -0.0300. The highest BCUT2D eigenvalue weighted by Crippen LogP contribution is 2.18. The van der Waals surface area contributed by atoms with Gasteiger partial charge < -0.3 is 4.74 Å². The predicted molar refractivity (Wildman–Crippen MR) is 57.6 cm³/mol. The fourth-order valence-corrected chi connectivity index (χ4v) is 2.35. The molecular formula is C9H18N2OS. The molecule has 1 saturated heterocycles. The molecule has 3 N–H and O–H groups in total. The van der Waals surface area contributed by atoms with E-state index in [1.165, 1.54) is 0 Å². The summed E-state index contributed by atoms with van der Waals surface area (Å²) < 4.78 is 5.63. The fraction of sp³-hybridized carbons (Fsp3) is 0.778. The van der Waals surface area contributed by atoms with Crippen LogP contribution in [-0.2, 0) is 4.74 Å². The molecule has 1 fully saturated rings. The van der Waals surface area contributed by atoms with Gasteiger partial charge in [0.15, 0.2) is 0 Å². The second-order valence-electron chi connectivity index (χ2n) is 3.42. The van der Waals surface area contributed by atoms with Crippen molar-refractivity contribution in [3.8, 4) is 0 Å². The molecule has 0 aliphatic carbocycles. The molecule has 3 nitrogen and oxygen atoms in total. The van der Waals surface area contributed by atoms with E-state index >= 15 is 0 Å². The first kappa shape index (κ1) is 11.0. The maximum absolute atomic E-state index is 5.63. The molecule has 0 saturated carbocycles. The summed E-state index contributed by atoms with van der Waals surface area (Å²) in [6, 6.07) is 0.213. The van der Waals surface area contributed by atoms with Gasteiger partial charge in [0.1, 0.15) is 0 Å². The summed E-state index contributed by atoms with van der Waals surface area (Å²) in [5.41, 5.74) is 3.94. The molecule has 1 aliphatic heterocycles. The molecule has 2 atom stereocenters. The van der Waals surface area contributed by atoms with Gasteiger partial charge in [-0.3, -0.25) is 11.3 Å². The summed E-state index contributed by atoms with van der Waals surface area (Å²) in [6.07, 6.45) is 1.13. The van der Waals surface area contributed by atoms with E-state index in [1.54, 1.807) is 0 Å². The second kappa shape index (κ2) is 5.65. The van der Waals surface area contributed by atoms with Crippen LogP contribution in [0.3, 0.4) is 0 Å². The van der Waals surface area contributed by atoms with Crippen molar-refractivity contribution in [2.45, 2.75) is 25.5 Å². The Morgan fingerprint density at radius 1 is 1.85 bits per heavy atom. The number of hydrazine groups is 1. The average Bonchev–Trinajstić information content (AvgIpc) is 2.15. The molecule has 0 aromatic carbocycles. The molecule has 13 heavy (non-hydrogen) atoms. The van der Waals surface area contributed by atoms with Crippen LogP contribution in [0.15, 0.2) is 12.2 Å². The third kappa shape index (κ3) is 3.68. The van der Waals surface area contributed by atoms with Gasteiger partial charge in [-0.2, -0.15) is 11.8 Å². The summed E-state index contributed by atoms with van der Waals surface area (Å²) in [5, 5.41) is 0. The largest absolute Gasteiger partial charge is 0.375 e. The summed E-state index contributed by atoms with van der Waals surface area (Å²) in [5.74, 6) is 7.60. The zero-order valence-electron chi connectivity index (χ0n) is 8.08. The van der Waals surface area contributed by atoms with E-state index < -0.39 is 0 Å². The van der Waals surface area contributed by atoms with Crippen molar-refractivity contribution in [3.63, 3.8) is 0 Å². The van der Waals surface area contributed by atoms with Gasteiger partial charge in [0, 0.05) is 11.5 Å². The fourth-order valence-electron chi connectivity index (χ4n) is 1.41. The Morgan fingerprint density at radius 3 is 3.08 bits per heavy atom. The van der Waals surface area contributed by atoms with Crippen LogP contribution in [0.25, 0.3) is 0 Å². The SMILES string of the molecule is C=C(C)CC(NN)C1CSCCO1. The van der Waals surface area contributed by atoms with Crippen molar-refractivity contribution >= 4 is 11.8 Å². The van der Waals surface area contributed by atoms with Crippen molar-refractivity contribution in [2.24, 2.45) is 5.84 Å². The molecule has 1 heterocycles. The Morgan fingerprint density at radius 2 is 2.62 bits per heavy atom. The van der Waals surface area contributed by atoms with E-state index in [9.17, 15) is 0 Å². The van der Waals surface area contributed by atoms with Crippen LogP contribution in [0.5, 0.6) is 0 Å². The van der Waals surface area contributed by atoms with Crippen LogP contribution in [0, 0.1) is 0 Å². The van der Waals surface area contributed by atoms with Crippen LogP contribution in [0.4, 0.5) is 0 Å². The van der Waals surface area contributed by atoms with Crippen LogP contribution in [0.1, 0.15) is 13.3 Å². The quantitative estimate of drug-likeness (QED) is 0.404. The Balaban J connectivity index is 2.39. The molecular weight excluding hydrogens is 184 g/mol. The van der Waals surface area contributed by atoms with Gasteiger partial charge in [0.25, 0.3) is 0 Å². The van der Waals surface area contributed by atoms with Gasteiger partial charge in [-0.25, -0.2) is 0 Å². The van der Waals surface area contributed by atoms with Crippen molar-refractivity contribution < 1.29 is 4.74 Å². The lowest BCUT2D eigenvalue weighted by Gasteiger charge is -2.29. The number of nitrogens with two attached hydrogens (primary N) is 1. The second-order valence-corrected chi connectivity index (χ2v) is 4.57. The number of ether oxygens (including phenoxy) is 1. The monoisotopic (exact) mass is 202 g/mol. The Kier molecular flexibility index (Phi) is 4.80. The van der Waals surface area contributed by atoms with Crippen LogP contribution in [-0.4, -0.2) is 30.3 Å². The molecule has 1 aliphatic rings. The molecule has 0 bridgehead atoms. The molecule has 4 heteroatoms. The van der Waals surface area contributed by atoms with E-state index in [0.29, 0.717) is 0 Å². The van der Waals surface area contributed by atoms with Crippen molar-refractivity contribution in [1.82, 2.24) is 5.43 Å². The maximum Gasteiger partial charge on any atom is 0.0835 e. The van der Waals surface area contributed by atoms with E-state index in [-0.39, 0.29) is 12.1 Å². The van der Waals surface area contributed by atoms with E-state index in [0.717, 1.165) is 30.1 Å². The van der Waals surface area contributed by atoms with Gasteiger partial charge in [0.2, 0.25) is 0 Å². The topological polar surface area (TPSA) is 47.3 Å². The van der Waals surface area contributed by atoms with Crippen molar-refractivity contribution in [2.75, 3.05) is 18.1 Å². The van der Waals surface area contributed by atoms with Crippen LogP contribution >= 0.6 is 11.8 Å². The summed E-state index contributed by atoms with van der Waals surface area (Å²) in [4.78, 5) is 0. The lowest BCUT2D eigenvalue weighted by Crippen LogP contribution is -2.48. The highest BCUT2D eigenvalue weighted by atomic mass is 32.2. The van der Waals surface area contributed by atoms with Crippen molar-refractivity contribution in [1.29, 1.82) is 0 Å². The zero-order chi connectivity index (χ0) is 9.68. The minimum atomic E-state index is 0.213. The molecule has 2 unspecified atom stereocenters. The van der Waals surface area contributed by atoms with Gasteiger partial charge in [-0.15, -0.1) is 6.58 Å². The van der Waals surface area contributed by atoms with Crippen molar-refractivity contribution in [3.05, 3.63) is 12.2 Å². The highest BCUT2D eigenvalue weighted by Gasteiger charge is 2.23. The lowest BCUT2D eigenvalue weighted by atomic mass is 10.1. The number of hydrogen-bond acceptors (Lipinski definition) is 4. The molecule has 0 aromatic heterocycles.